The predicted octanol–water partition coefficient (Wildman–Crippen LogP) is 1.98. The SMILES string of the molecule is CCCC(O)COCCC(C)(C)OC. The Labute approximate surface area is 87.4 Å². The number of methoxy groups -OCH3 is 1. The number of aliphatic hydroxyl groups is 1. The lowest BCUT2D eigenvalue weighted by molar-refractivity contribution is -0.0255. The fourth-order valence-corrected chi connectivity index (χ4v) is 1.06. The molecule has 3 heteroatoms. The summed E-state index contributed by atoms with van der Waals surface area (Å²) in [7, 11) is 1.70. The van der Waals surface area contributed by atoms with Gasteiger partial charge >= 0.3 is 0 Å². The summed E-state index contributed by atoms with van der Waals surface area (Å²) in [5.74, 6) is 0. The fraction of sp³-hybridized carbons (Fsp3) is 1.00. The first-order valence-corrected chi connectivity index (χ1v) is 5.33. The molecular weight excluding hydrogens is 180 g/mol. The van der Waals surface area contributed by atoms with Gasteiger partial charge in [0, 0.05) is 13.7 Å². The Hall–Kier alpha value is -0.120. The van der Waals surface area contributed by atoms with Crippen molar-refractivity contribution in [3.05, 3.63) is 0 Å². The highest BCUT2D eigenvalue weighted by Crippen LogP contribution is 2.12. The van der Waals surface area contributed by atoms with Crippen LogP contribution in [0, 0.1) is 0 Å². The standard InChI is InChI=1S/C11H24O3/c1-5-6-10(12)9-14-8-7-11(2,3)13-4/h10,12H,5-9H2,1-4H3. The van der Waals surface area contributed by atoms with E-state index in [-0.39, 0.29) is 11.7 Å². The predicted molar refractivity (Wildman–Crippen MR) is 57.4 cm³/mol. The van der Waals surface area contributed by atoms with E-state index in [9.17, 15) is 5.11 Å². The lowest BCUT2D eigenvalue weighted by atomic mass is 10.1. The van der Waals surface area contributed by atoms with Gasteiger partial charge in [-0.05, 0) is 26.7 Å². The molecule has 0 saturated carbocycles. The summed E-state index contributed by atoms with van der Waals surface area (Å²) in [6.07, 6.45) is 2.34. The van der Waals surface area contributed by atoms with Crippen LogP contribution in [0.3, 0.4) is 0 Å². The van der Waals surface area contributed by atoms with Crippen LogP contribution in [0.5, 0.6) is 0 Å². The Balaban J connectivity index is 3.37. The smallest absolute Gasteiger partial charge is 0.0773 e. The topological polar surface area (TPSA) is 38.7 Å². The maximum absolute atomic E-state index is 9.38. The van der Waals surface area contributed by atoms with E-state index in [0.717, 1.165) is 19.3 Å². The van der Waals surface area contributed by atoms with Crippen molar-refractivity contribution in [2.24, 2.45) is 0 Å². The number of hydrogen-bond donors (Lipinski definition) is 1. The van der Waals surface area contributed by atoms with E-state index in [2.05, 4.69) is 6.92 Å². The van der Waals surface area contributed by atoms with Gasteiger partial charge in [-0.15, -0.1) is 0 Å². The Bertz CT molecular complexity index is 134. The molecule has 0 amide bonds. The van der Waals surface area contributed by atoms with E-state index in [1.165, 1.54) is 0 Å². The molecule has 0 aromatic heterocycles. The molecule has 0 fully saturated rings. The Kier molecular flexibility index (Phi) is 7.15. The molecule has 0 rings (SSSR count). The highest BCUT2D eigenvalue weighted by atomic mass is 16.5. The summed E-state index contributed by atoms with van der Waals surface area (Å²) in [4.78, 5) is 0. The summed E-state index contributed by atoms with van der Waals surface area (Å²) in [5.41, 5.74) is -0.129. The molecule has 0 heterocycles. The second-order valence-electron chi connectivity index (χ2n) is 4.23. The molecule has 0 spiro atoms. The third kappa shape index (κ3) is 7.30. The minimum Gasteiger partial charge on any atom is -0.391 e. The van der Waals surface area contributed by atoms with Crippen LogP contribution in [0.2, 0.25) is 0 Å². The number of hydrogen-bond acceptors (Lipinski definition) is 3. The zero-order valence-electron chi connectivity index (χ0n) is 9.88. The van der Waals surface area contributed by atoms with Crippen LogP contribution < -0.4 is 0 Å². The van der Waals surface area contributed by atoms with Gasteiger partial charge in [-0.3, -0.25) is 0 Å². The lowest BCUT2D eigenvalue weighted by Gasteiger charge is -2.22. The number of ether oxygens (including phenoxy) is 2. The van der Waals surface area contributed by atoms with E-state index in [1.807, 2.05) is 13.8 Å². The Morgan fingerprint density at radius 1 is 1.36 bits per heavy atom. The van der Waals surface area contributed by atoms with E-state index in [1.54, 1.807) is 7.11 Å². The maximum atomic E-state index is 9.38. The molecule has 14 heavy (non-hydrogen) atoms. The van der Waals surface area contributed by atoms with Crippen molar-refractivity contribution in [1.82, 2.24) is 0 Å². The maximum Gasteiger partial charge on any atom is 0.0773 e. The summed E-state index contributed by atoms with van der Waals surface area (Å²) in [5, 5.41) is 9.38. The molecule has 0 radical (unpaired) electrons. The highest BCUT2D eigenvalue weighted by molar-refractivity contribution is 4.66. The van der Waals surface area contributed by atoms with Gasteiger partial charge in [0.15, 0.2) is 0 Å². The van der Waals surface area contributed by atoms with Gasteiger partial charge in [0.05, 0.1) is 18.3 Å². The molecule has 0 saturated heterocycles. The number of rotatable bonds is 8. The number of aliphatic hydroxyl groups excluding tert-OH is 1. The van der Waals surface area contributed by atoms with E-state index < -0.39 is 0 Å². The Morgan fingerprint density at radius 3 is 2.50 bits per heavy atom. The second kappa shape index (κ2) is 7.21. The van der Waals surface area contributed by atoms with Crippen LogP contribution in [-0.2, 0) is 9.47 Å². The molecule has 0 bridgehead atoms. The van der Waals surface area contributed by atoms with Gasteiger partial charge in [0.2, 0.25) is 0 Å². The van der Waals surface area contributed by atoms with Gasteiger partial charge in [0.1, 0.15) is 0 Å². The molecule has 0 aromatic carbocycles. The van der Waals surface area contributed by atoms with Crippen LogP contribution in [0.4, 0.5) is 0 Å². The van der Waals surface area contributed by atoms with E-state index >= 15 is 0 Å². The molecule has 0 aliphatic rings. The third-order valence-corrected chi connectivity index (χ3v) is 2.33. The lowest BCUT2D eigenvalue weighted by Crippen LogP contribution is -2.25. The largest absolute Gasteiger partial charge is 0.391 e. The zero-order chi connectivity index (χ0) is 11.0. The molecule has 86 valence electrons. The van der Waals surface area contributed by atoms with Gasteiger partial charge in [0.25, 0.3) is 0 Å². The first-order chi connectivity index (χ1) is 6.52. The van der Waals surface area contributed by atoms with Gasteiger partial charge in [-0.25, -0.2) is 0 Å². The van der Waals surface area contributed by atoms with Crippen molar-refractivity contribution in [2.75, 3.05) is 20.3 Å². The summed E-state index contributed by atoms with van der Waals surface area (Å²) in [6, 6.07) is 0. The van der Waals surface area contributed by atoms with Crippen LogP contribution in [0.1, 0.15) is 40.0 Å². The van der Waals surface area contributed by atoms with Gasteiger partial charge in [-0.1, -0.05) is 13.3 Å². The van der Waals surface area contributed by atoms with Crippen LogP contribution in [0.25, 0.3) is 0 Å². The molecule has 0 aliphatic carbocycles. The summed E-state index contributed by atoms with van der Waals surface area (Å²) < 4.78 is 10.6. The second-order valence-corrected chi connectivity index (χ2v) is 4.23. The van der Waals surface area contributed by atoms with Crippen molar-refractivity contribution in [1.29, 1.82) is 0 Å². The van der Waals surface area contributed by atoms with Crippen molar-refractivity contribution in [2.45, 2.75) is 51.7 Å². The quantitative estimate of drug-likeness (QED) is 0.614. The van der Waals surface area contributed by atoms with Crippen LogP contribution in [-0.4, -0.2) is 37.1 Å². The summed E-state index contributed by atoms with van der Waals surface area (Å²) >= 11 is 0. The Morgan fingerprint density at radius 2 is 2.00 bits per heavy atom. The third-order valence-electron chi connectivity index (χ3n) is 2.33. The van der Waals surface area contributed by atoms with E-state index in [0.29, 0.717) is 13.2 Å². The minimum atomic E-state index is -0.314. The normalized spacial score (nSPS) is 14.4. The van der Waals surface area contributed by atoms with Crippen molar-refractivity contribution < 1.29 is 14.6 Å². The molecule has 1 unspecified atom stereocenters. The first-order valence-electron chi connectivity index (χ1n) is 5.33. The van der Waals surface area contributed by atoms with Crippen LogP contribution in [0.15, 0.2) is 0 Å². The summed E-state index contributed by atoms with van der Waals surface area (Å²) in [6.45, 7) is 7.18. The average Bonchev–Trinajstić information content (AvgIpc) is 2.13. The zero-order valence-corrected chi connectivity index (χ0v) is 9.88. The minimum absolute atomic E-state index is 0.129. The molecular formula is C11H24O3. The molecule has 3 nitrogen and oxygen atoms in total. The van der Waals surface area contributed by atoms with Crippen molar-refractivity contribution in [3.63, 3.8) is 0 Å². The van der Waals surface area contributed by atoms with Gasteiger partial charge in [-0.2, -0.15) is 0 Å². The molecule has 1 N–H and O–H groups in total. The van der Waals surface area contributed by atoms with Gasteiger partial charge < -0.3 is 14.6 Å². The monoisotopic (exact) mass is 204 g/mol. The van der Waals surface area contributed by atoms with Crippen LogP contribution >= 0.6 is 0 Å². The average molecular weight is 204 g/mol. The van der Waals surface area contributed by atoms with Crippen molar-refractivity contribution in [3.8, 4) is 0 Å². The van der Waals surface area contributed by atoms with E-state index in [4.69, 9.17) is 9.47 Å². The van der Waals surface area contributed by atoms with Crippen molar-refractivity contribution >= 4 is 0 Å². The fourth-order valence-electron chi connectivity index (χ4n) is 1.06. The molecule has 0 aliphatic heterocycles. The molecule has 0 aromatic rings. The first kappa shape index (κ1) is 13.9. The molecule has 1 atom stereocenters. The highest BCUT2D eigenvalue weighted by Gasteiger charge is 2.15.